The Morgan fingerprint density at radius 2 is 1.79 bits per heavy atom. The zero-order chi connectivity index (χ0) is 27.5. The minimum absolute atomic E-state index is 0.0388. The van der Waals surface area contributed by atoms with E-state index >= 15 is 0 Å². The minimum atomic E-state index is -0.391. The molecule has 1 amide bonds. The molecule has 0 unspecified atom stereocenters. The molecule has 0 bridgehead atoms. The summed E-state index contributed by atoms with van der Waals surface area (Å²) in [4.78, 5) is 44.5. The lowest BCUT2D eigenvalue weighted by atomic mass is 9.97. The second-order valence-electron chi connectivity index (χ2n) is 9.40. The standard InChI is InChI=1S/C29H28N4O4S2/c1-17-8-12-21(13-9-17)33-28(36)26-23-6-4-5-7-24(23)39-27(26)30-29(33)38-16-25(35)32-31-18(2)20-10-14-22(15-11-20)37-19(3)34/h8-15H,4-7,16H2,1-3H3,(H,32,35)/b31-18-. The number of hydrogen-bond donors (Lipinski definition) is 1. The van der Waals surface area contributed by atoms with E-state index in [1.165, 1.54) is 23.6 Å². The van der Waals surface area contributed by atoms with Gasteiger partial charge >= 0.3 is 5.97 Å². The van der Waals surface area contributed by atoms with Crippen molar-refractivity contribution in [3.05, 3.63) is 80.5 Å². The third-order valence-corrected chi connectivity index (χ3v) is 8.59. The van der Waals surface area contributed by atoms with E-state index in [4.69, 9.17) is 9.72 Å². The number of esters is 1. The molecule has 0 atom stereocenters. The highest BCUT2D eigenvalue weighted by Gasteiger charge is 2.23. The quantitative estimate of drug-likeness (QED) is 0.0833. The molecule has 0 radical (unpaired) electrons. The van der Waals surface area contributed by atoms with Gasteiger partial charge in [0.15, 0.2) is 5.16 Å². The van der Waals surface area contributed by atoms with Crippen LogP contribution in [0, 0.1) is 6.92 Å². The summed E-state index contributed by atoms with van der Waals surface area (Å²) in [6, 6.07) is 14.6. The average Bonchev–Trinajstić information content (AvgIpc) is 3.30. The molecule has 0 saturated heterocycles. The van der Waals surface area contributed by atoms with Crippen LogP contribution in [0.1, 0.15) is 48.3 Å². The summed E-state index contributed by atoms with van der Waals surface area (Å²) < 4.78 is 6.67. The highest BCUT2D eigenvalue weighted by molar-refractivity contribution is 7.99. The number of nitrogens with zero attached hydrogens (tertiary/aromatic N) is 3. The summed E-state index contributed by atoms with van der Waals surface area (Å²) in [5.41, 5.74) is 6.84. The Morgan fingerprint density at radius 3 is 2.51 bits per heavy atom. The van der Waals surface area contributed by atoms with Crippen molar-refractivity contribution in [1.82, 2.24) is 15.0 Å². The lowest BCUT2D eigenvalue weighted by Gasteiger charge is -2.13. The number of aromatic nitrogens is 2. The molecule has 0 spiro atoms. The maximum absolute atomic E-state index is 13.8. The number of rotatable bonds is 7. The van der Waals surface area contributed by atoms with Gasteiger partial charge < -0.3 is 4.74 Å². The lowest BCUT2D eigenvalue weighted by molar-refractivity contribution is -0.131. The van der Waals surface area contributed by atoms with Gasteiger partial charge in [-0.25, -0.2) is 10.4 Å². The zero-order valence-corrected chi connectivity index (χ0v) is 23.6. The smallest absolute Gasteiger partial charge is 0.308 e. The van der Waals surface area contributed by atoms with Crippen LogP contribution in [0.25, 0.3) is 15.9 Å². The van der Waals surface area contributed by atoms with Gasteiger partial charge in [-0.2, -0.15) is 5.10 Å². The summed E-state index contributed by atoms with van der Waals surface area (Å²) in [6.07, 6.45) is 4.09. The normalized spacial score (nSPS) is 13.3. The van der Waals surface area contributed by atoms with Crippen LogP contribution in [0.4, 0.5) is 0 Å². The molecule has 1 aliphatic rings. The average molecular weight is 561 g/mol. The first-order chi connectivity index (χ1) is 18.8. The Bertz CT molecular complexity index is 1640. The molecule has 0 fully saturated rings. The van der Waals surface area contributed by atoms with Crippen LogP contribution in [0.2, 0.25) is 0 Å². The van der Waals surface area contributed by atoms with Gasteiger partial charge in [-0.1, -0.05) is 29.5 Å². The Labute approximate surface area is 234 Å². The molecule has 0 aliphatic heterocycles. The van der Waals surface area contributed by atoms with Crippen molar-refractivity contribution >= 4 is 50.9 Å². The maximum atomic E-state index is 13.8. The SMILES string of the molecule is CC(=O)Oc1ccc(/C(C)=N\NC(=O)CSc2nc3sc4c(c3c(=O)n2-c2ccc(C)cc2)CCCC4)cc1. The summed E-state index contributed by atoms with van der Waals surface area (Å²) in [5.74, 6) is -0.226. The molecule has 200 valence electrons. The number of aryl methyl sites for hydroxylation is 3. The van der Waals surface area contributed by atoms with E-state index in [2.05, 4.69) is 10.5 Å². The second-order valence-corrected chi connectivity index (χ2v) is 11.4. The molecule has 2 aromatic carbocycles. The molecule has 2 heterocycles. The van der Waals surface area contributed by atoms with Crippen molar-refractivity contribution in [3.8, 4) is 11.4 Å². The molecule has 2 aromatic heterocycles. The fraction of sp³-hybridized carbons (Fsp3) is 0.276. The third-order valence-electron chi connectivity index (χ3n) is 6.46. The van der Waals surface area contributed by atoms with Crippen LogP contribution < -0.4 is 15.7 Å². The Balaban J connectivity index is 1.37. The molecular formula is C29H28N4O4S2. The fourth-order valence-corrected chi connectivity index (χ4v) is 6.62. The van der Waals surface area contributed by atoms with E-state index < -0.39 is 5.97 Å². The molecule has 0 saturated carbocycles. The van der Waals surface area contributed by atoms with Crippen molar-refractivity contribution < 1.29 is 14.3 Å². The molecule has 8 nitrogen and oxygen atoms in total. The predicted molar refractivity (Wildman–Crippen MR) is 155 cm³/mol. The van der Waals surface area contributed by atoms with E-state index in [1.807, 2.05) is 31.2 Å². The van der Waals surface area contributed by atoms with Crippen LogP contribution in [0.5, 0.6) is 5.75 Å². The molecular weight excluding hydrogens is 532 g/mol. The Hall–Kier alpha value is -3.76. The van der Waals surface area contributed by atoms with Crippen molar-refractivity contribution in [3.63, 3.8) is 0 Å². The lowest BCUT2D eigenvalue weighted by Crippen LogP contribution is -2.24. The van der Waals surface area contributed by atoms with Crippen LogP contribution in [-0.2, 0) is 22.4 Å². The second kappa shape index (κ2) is 11.5. The van der Waals surface area contributed by atoms with Crippen molar-refractivity contribution in [1.29, 1.82) is 0 Å². The maximum Gasteiger partial charge on any atom is 0.308 e. The fourth-order valence-electron chi connectivity index (χ4n) is 4.51. The van der Waals surface area contributed by atoms with Gasteiger partial charge in [0.1, 0.15) is 10.6 Å². The number of nitrogens with one attached hydrogen (secondary N) is 1. The Morgan fingerprint density at radius 1 is 1.08 bits per heavy atom. The number of carbonyl (C=O) groups excluding carboxylic acids is 2. The zero-order valence-electron chi connectivity index (χ0n) is 21.9. The number of thioether (sulfide) groups is 1. The number of carbonyl (C=O) groups is 2. The van der Waals surface area contributed by atoms with E-state index in [0.717, 1.165) is 52.9 Å². The highest BCUT2D eigenvalue weighted by atomic mass is 32.2. The van der Waals surface area contributed by atoms with E-state index in [9.17, 15) is 14.4 Å². The number of fused-ring (bicyclic) bond motifs is 3. The summed E-state index contributed by atoms with van der Waals surface area (Å²) in [5, 5.41) is 5.40. The van der Waals surface area contributed by atoms with Gasteiger partial charge in [-0.3, -0.25) is 19.0 Å². The summed E-state index contributed by atoms with van der Waals surface area (Å²) >= 11 is 2.81. The monoisotopic (exact) mass is 560 g/mol. The van der Waals surface area contributed by atoms with Crippen LogP contribution in [0.15, 0.2) is 63.6 Å². The Kier molecular flexibility index (Phi) is 7.94. The van der Waals surface area contributed by atoms with Gasteiger partial charge in [0.05, 0.1) is 22.5 Å². The topological polar surface area (TPSA) is 103 Å². The molecule has 10 heteroatoms. The summed E-state index contributed by atoms with van der Waals surface area (Å²) in [6.45, 7) is 5.12. The highest BCUT2D eigenvalue weighted by Crippen LogP contribution is 2.35. The van der Waals surface area contributed by atoms with Crippen LogP contribution in [0.3, 0.4) is 0 Å². The molecule has 4 aromatic rings. The number of ether oxygens (including phenoxy) is 1. The number of amides is 1. The van der Waals surface area contributed by atoms with Gasteiger partial charge in [0.2, 0.25) is 0 Å². The largest absolute Gasteiger partial charge is 0.427 e. The van der Waals surface area contributed by atoms with Gasteiger partial charge in [-0.05, 0) is 87.1 Å². The first kappa shape index (κ1) is 26.8. The molecule has 1 aliphatic carbocycles. The number of hydrogen-bond acceptors (Lipinski definition) is 8. The van der Waals surface area contributed by atoms with Gasteiger partial charge in [0, 0.05) is 11.8 Å². The van der Waals surface area contributed by atoms with E-state index in [1.54, 1.807) is 47.1 Å². The van der Waals surface area contributed by atoms with Crippen LogP contribution >= 0.6 is 23.1 Å². The van der Waals surface area contributed by atoms with Crippen molar-refractivity contribution in [2.45, 2.75) is 51.6 Å². The first-order valence-electron chi connectivity index (χ1n) is 12.7. The van der Waals surface area contributed by atoms with Crippen molar-refractivity contribution in [2.24, 2.45) is 5.10 Å². The number of hydrazone groups is 1. The summed E-state index contributed by atoms with van der Waals surface area (Å²) in [7, 11) is 0. The number of thiophene rings is 1. The van der Waals surface area contributed by atoms with Gasteiger partial charge in [0.25, 0.3) is 11.5 Å². The van der Waals surface area contributed by atoms with E-state index in [0.29, 0.717) is 22.0 Å². The van der Waals surface area contributed by atoms with E-state index in [-0.39, 0.29) is 17.2 Å². The molecule has 1 N–H and O–H groups in total. The minimum Gasteiger partial charge on any atom is -0.427 e. The first-order valence-corrected chi connectivity index (χ1v) is 14.5. The van der Waals surface area contributed by atoms with Crippen LogP contribution in [-0.4, -0.2) is 32.9 Å². The third kappa shape index (κ3) is 5.97. The predicted octanol–water partition coefficient (Wildman–Crippen LogP) is 5.19. The molecule has 5 rings (SSSR count). The van der Waals surface area contributed by atoms with Crippen molar-refractivity contribution in [2.75, 3.05) is 5.75 Å². The van der Waals surface area contributed by atoms with Gasteiger partial charge in [-0.15, -0.1) is 11.3 Å². The molecule has 39 heavy (non-hydrogen) atoms. The number of benzene rings is 2.